The van der Waals surface area contributed by atoms with Crippen molar-refractivity contribution in [2.24, 2.45) is 0 Å². The second-order valence-electron chi connectivity index (χ2n) is 6.37. The molecule has 0 unspecified atom stereocenters. The summed E-state index contributed by atoms with van der Waals surface area (Å²) in [6.07, 6.45) is 0.575. The Morgan fingerprint density at radius 3 is 3.07 bits per heavy atom. The van der Waals surface area contributed by atoms with E-state index in [4.69, 9.17) is 19.3 Å². The minimum atomic E-state index is -0.321. The average molecular weight is 368 g/mol. The van der Waals surface area contributed by atoms with Gasteiger partial charge in [0.05, 0.1) is 25.5 Å². The summed E-state index contributed by atoms with van der Waals surface area (Å²) < 4.78 is 18.3. The minimum absolute atomic E-state index is 0.153. The largest absolute Gasteiger partial charge is 0.475 e. The van der Waals surface area contributed by atoms with E-state index < -0.39 is 0 Å². The molecule has 0 saturated carbocycles. The van der Waals surface area contributed by atoms with Gasteiger partial charge in [0, 0.05) is 23.7 Å². The molecule has 7 heteroatoms. The highest BCUT2D eigenvalue weighted by molar-refractivity contribution is 5.67. The second kappa shape index (κ2) is 7.92. The summed E-state index contributed by atoms with van der Waals surface area (Å²) in [7, 11) is 0. The Kier molecular flexibility index (Phi) is 5.21. The van der Waals surface area contributed by atoms with Crippen LogP contribution >= 0.6 is 0 Å². The Balaban J connectivity index is 1.61. The maximum Gasteiger partial charge on any atom is 0.351 e. The third-order valence-electron chi connectivity index (χ3n) is 4.59. The zero-order chi connectivity index (χ0) is 18.6. The van der Waals surface area contributed by atoms with Crippen molar-refractivity contribution in [3.63, 3.8) is 0 Å². The third-order valence-corrected chi connectivity index (χ3v) is 4.59. The summed E-state index contributed by atoms with van der Waals surface area (Å²) in [6.45, 7) is 2.30. The first-order valence-corrected chi connectivity index (χ1v) is 8.91. The van der Waals surface area contributed by atoms with Crippen molar-refractivity contribution in [3.8, 4) is 29.0 Å². The van der Waals surface area contributed by atoms with Crippen molar-refractivity contribution in [1.82, 2.24) is 9.55 Å². The van der Waals surface area contributed by atoms with Crippen LogP contribution in [0.3, 0.4) is 0 Å². The standard InChI is InChI=1S/C20H20N2O5/c23-7-1-2-14-3-4-17-15(10-14)5-6-22-18(17)11-19(21-20(22)24)27-13-16-12-25-8-9-26-16/h3-4,10-11,16,23H,5-9,12-13H2/t16-/m0/s1. The van der Waals surface area contributed by atoms with Crippen LogP contribution in [0.2, 0.25) is 0 Å². The Bertz CT molecular complexity index is 951. The van der Waals surface area contributed by atoms with Crippen LogP contribution in [0.5, 0.6) is 5.88 Å². The third kappa shape index (κ3) is 3.88. The van der Waals surface area contributed by atoms with Crippen LogP contribution in [-0.2, 0) is 22.4 Å². The first-order chi connectivity index (χ1) is 13.2. The van der Waals surface area contributed by atoms with E-state index in [1.807, 2.05) is 18.2 Å². The van der Waals surface area contributed by atoms with Gasteiger partial charge in [0.2, 0.25) is 5.88 Å². The van der Waals surface area contributed by atoms with E-state index >= 15 is 0 Å². The van der Waals surface area contributed by atoms with Crippen molar-refractivity contribution in [1.29, 1.82) is 0 Å². The van der Waals surface area contributed by atoms with Crippen molar-refractivity contribution in [2.45, 2.75) is 19.1 Å². The predicted octanol–water partition coefficient (Wildman–Crippen LogP) is 0.604. The lowest BCUT2D eigenvalue weighted by molar-refractivity contribution is -0.102. The number of aliphatic hydroxyl groups excluding tert-OH is 1. The number of ether oxygens (including phenoxy) is 3. The van der Waals surface area contributed by atoms with Crippen LogP contribution in [0.4, 0.5) is 0 Å². The highest BCUT2D eigenvalue weighted by atomic mass is 16.6. The van der Waals surface area contributed by atoms with Gasteiger partial charge in [0.15, 0.2) is 0 Å². The SMILES string of the molecule is O=c1nc(OC[C@@H]2COCCO2)cc2n1CCc1cc(C#CCO)ccc1-2. The molecule has 0 aliphatic carbocycles. The number of fused-ring (bicyclic) bond motifs is 3. The average Bonchev–Trinajstić information content (AvgIpc) is 2.71. The molecule has 0 radical (unpaired) electrons. The maximum absolute atomic E-state index is 12.4. The molecule has 140 valence electrons. The molecule has 1 saturated heterocycles. The van der Waals surface area contributed by atoms with Crippen molar-refractivity contribution < 1.29 is 19.3 Å². The normalized spacial score (nSPS) is 18.0. The van der Waals surface area contributed by atoms with Gasteiger partial charge in [0.25, 0.3) is 0 Å². The Labute approximate surface area is 156 Å². The molecule has 1 N–H and O–H groups in total. The quantitative estimate of drug-likeness (QED) is 0.799. The molecule has 3 heterocycles. The Hall–Kier alpha value is -2.66. The van der Waals surface area contributed by atoms with Crippen LogP contribution in [0.25, 0.3) is 11.3 Å². The van der Waals surface area contributed by atoms with E-state index in [0.29, 0.717) is 33.0 Å². The van der Waals surface area contributed by atoms with Crippen LogP contribution in [0.15, 0.2) is 29.1 Å². The van der Waals surface area contributed by atoms with Crippen LogP contribution < -0.4 is 10.4 Å². The Morgan fingerprint density at radius 2 is 2.26 bits per heavy atom. The lowest BCUT2D eigenvalue weighted by Gasteiger charge is -2.24. The minimum Gasteiger partial charge on any atom is -0.475 e. The van der Waals surface area contributed by atoms with Gasteiger partial charge in [-0.15, -0.1) is 0 Å². The smallest absolute Gasteiger partial charge is 0.351 e. The van der Waals surface area contributed by atoms with Crippen molar-refractivity contribution in [2.75, 3.05) is 33.0 Å². The fourth-order valence-corrected chi connectivity index (χ4v) is 3.31. The fourth-order valence-electron chi connectivity index (χ4n) is 3.31. The summed E-state index contributed by atoms with van der Waals surface area (Å²) in [5.41, 5.74) is 3.39. The highest BCUT2D eigenvalue weighted by Gasteiger charge is 2.20. The maximum atomic E-state index is 12.4. The molecule has 2 aliphatic rings. The number of aromatic nitrogens is 2. The molecule has 4 rings (SSSR count). The van der Waals surface area contributed by atoms with Crippen LogP contribution in [0, 0.1) is 11.8 Å². The molecule has 0 spiro atoms. The van der Waals surface area contributed by atoms with E-state index in [-0.39, 0.29) is 24.3 Å². The van der Waals surface area contributed by atoms with Gasteiger partial charge >= 0.3 is 5.69 Å². The number of aryl methyl sites for hydroxylation is 1. The lowest BCUT2D eigenvalue weighted by Crippen LogP contribution is -2.34. The molecule has 0 bridgehead atoms. The van der Waals surface area contributed by atoms with Gasteiger partial charge in [-0.05, 0) is 24.1 Å². The molecule has 27 heavy (non-hydrogen) atoms. The fraction of sp³-hybridized carbons (Fsp3) is 0.400. The predicted molar refractivity (Wildman–Crippen MR) is 97.7 cm³/mol. The summed E-state index contributed by atoms with van der Waals surface area (Å²) >= 11 is 0. The summed E-state index contributed by atoms with van der Waals surface area (Å²) in [6, 6.07) is 7.63. The highest BCUT2D eigenvalue weighted by Crippen LogP contribution is 2.30. The van der Waals surface area contributed by atoms with E-state index in [1.165, 1.54) is 0 Å². The molecule has 2 aliphatic heterocycles. The summed E-state index contributed by atoms with van der Waals surface area (Å²) in [5.74, 6) is 5.86. The zero-order valence-electron chi connectivity index (χ0n) is 14.8. The Morgan fingerprint density at radius 1 is 1.33 bits per heavy atom. The van der Waals surface area contributed by atoms with Crippen LogP contribution in [-0.4, -0.2) is 53.8 Å². The topological polar surface area (TPSA) is 82.8 Å². The molecule has 1 aromatic carbocycles. The summed E-state index contributed by atoms with van der Waals surface area (Å²) in [4.78, 5) is 16.5. The molecule has 1 atom stereocenters. The van der Waals surface area contributed by atoms with E-state index in [0.717, 1.165) is 28.8 Å². The molecular weight excluding hydrogens is 348 g/mol. The molecule has 1 aromatic heterocycles. The zero-order valence-corrected chi connectivity index (χ0v) is 14.8. The number of aliphatic hydroxyl groups is 1. The van der Waals surface area contributed by atoms with Gasteiger partial charge in [-0.25, -0.2) is 4.79 Å². The monoisotopic (exact) mass is 368 g/mol. The first kappa shape index (κ1) is 17.7. The van der Waals surface area contributed by atoms with Gasteiger partial charge in [-0.1, -0.05) is 17.9 Å². The molecule has 1 fully saturated rings. The van der Waals surface area contributed by atoms with E-state index in [9.17, 15) is 4.79 Å². The number of hydrogen-bond acceptors (Lipinski definition) is 6. The second-order valence-corrected chi connectivity index (χ2v) is 6.37. The van der Waals surface area contributed by atoms with Gasteiger partial charge in [-0.3, -0.25) is 4.57 Å². The number of rotatable bonds is 3. The number of nitrogens with zero attached hydrogens (tertiary/aromatic N) is 2. The van der Waals surface area contributed by atoms with Crippen molar-refractivity contribution in [3.05, 3.63) is 45.9 Å². The van der Waals surface area contributed by atoms with Gasteiger partial charge in [-0.2, -0.15) is 4.98 Å². The lowest BCUT2D eigenvalue weighted by atomic mass is 9.95. The molecule has 7 nitrogen and oxygen atoms in total. The number of hydrogen-bond donors (Lipinski definition) is 1. The van der Waals surface area contributed by atoms with E-state index in [2.05, 4.69) is 16.8 Å². The van der Waals surface area contributed by atoms with E-state index in [1.54, 1.807) is 10.6 Å². The summed E-state index contributed by atoms with van der Waals surface area (Å²) in [5, 5.41) is 8.85. The first-order valence-electron chi connectivity index (χ1n) is 8.91. The molecule has 2 aromatic rings. The molecule has 0 amide bonds. The molecular formula is C20H20N2O5. The van der Waals surface area contributed by atoms with Crippen molar-refractivity contribution >= 4 is 0 Å². The van der Waals surface area contributed by atoms with Gasteiger partial charge < -0.3 is 19.3 Å². The number of benzene rings is 1. The van der Waals surface area contributed by atoms with Gasteiger partial charge in [0.1, 0.15) is 19.3 Å². The van der Waals surface area contributed by atoms with Crippen LogP contribution in [0.1, 0.15) is 11.1 Å².